The van der Waals surface area contributed by atoms with Crippen LogP contribution in [0.5, 0.6) is 11.5 Å². The molecular weight excluding hydrogens is 520 g/mol. The molecule has 11 heteroatoms. The number of rotatable bonds is 2. The SMILES string of the molecule is O=S(=O)([O-])c1ccc2cc(O)ccc2c1.O=S(=O)([O-])c1ccc2cc(O)ccc2c1.[Sr+2]. The van der Waals surface area contributed by atoms with Crippen LogP contribution in [-0.2, 0) is 20.2 Å². The molecule has 0 amide bonds. The van der Waals surface area contributed by atoms with Crippen LogP contribution in [0.1, 0.15) is 0 Å². The van der Waals surface area contributed by atoms with Crippen LogP contribution in [0.25, 0.3) is 21.5 Å². The Bertz CT molecular complexity index is 1350. The summed E-state index contributed by atoms with van der Waals surface area (Å²) in [6.45, 7) is 0. The molecule has 156 valence electrons. The standard InChI is InChI=1S/2C10H8O4S.Sr/c2*11-9-3-1-8-6-10(15(12,13)14)4-2-7(8)5-9;/h2*1-6,11H,(H,12,13,14);/q;;+2/p-2. The molecule has 0 aliphatic heterocycles. The number of hydrogen-bond donors (Lipinski definition) is 2. The molecule has 0 saturated heterocycles. The third-order valence-corrected chi connectivity index (χ3v) is 5.83. The molecule has 4 aromatic carbocycles. The maximum absolute atomic E-state index is 10.7. The van der Waals surface area contributed by atoms with E-state index in [1.807, 2.05) is 0 Å². The van der Waals surface area contributed by atoms with Crippen molar-refractivity contribution in [2.45, 2.75) is 9.79 Å². The topological polar surface area (TPSA) is 155 Å². The van der Waals surface area contributed by atoms with E-state index in [1.165, 1.54) is 60.7 Å². The predicted octanol–water partition coefficient (Wildman–Crippen LogP) is 2.52. The van der Waals surface area contributed by atoms with E-state index < -0.39 is 20.2 Å². The van der Waals surface area contributed by atoms with Gasteiger partial charge < -0.3 is 19.3 Å². The second-order valence-corrected chi connectivity index (χ2v) is 9.05. The van der Waals surface area contributed by atoms with Gasteiger partial charge in [0.05, 0.1) is 9.79 Å². The zero-order chi connectivity index (χ0) is 22.1. The largest absolute Gasteiger partial charge is 2.00 e. The molecule has 0 radical (unpaired) electrons. The van der Waals surface area contributed by atoms with Crippen molar-refractivity contribution in [2.75, 3.05) is 0 Å². The normalized spacial score (nSPS) is 11.4. The summed E-state index contributed by atoms with van der Waals surface area (Å²) < 4.78 is 64.4. The first-order valence-corrected chi connectivity index (χ1v) is 11.1. The first kappa shape index (κ1) is 25.6. The van der Waals surface area contributed by atoms with E-state index in [2.05, 4.69) is 0 Å². The molecule has 0 aromatic heterocycles. The Morgan fingerprint density at radius 1 is 0.516 bits per heavy atom. The molecule has 0 unspecified atom stereocenters. The fraction of sp³-hybridized carbons (Fsp3) is 0. The van der Waals surface area contributed by atoms with Gasteiger partial charge in [0.25, 0.3) is 0 Å². The third kappa shape index (κ3) is 6.64. The summed E-state index contributed by atoms with van der Waals surface area (Å²) in [4.78, 5) is -0.527. The summed E-state index contributed by atoms with van der Waals surface area (Å²) >= 11 is 0. The van der Waals surface area contributed by atoms with E-state index in [0.29, 0.717) is 21.5 Å². The van der Waals surface area contributed by atoms with Gasteiger partial charge in [0.1, 0.15) is 31.7 Å². The third-order valence-electron chi connectivity index (χ3n) is 4.17. The van der Waals surface area contributed by atoms with Crippen molar-refractivity contribution in [1.82, 2.24) is 0 Å². The number of phenolic OH excluding ortho intramolecular Hbond substituents is 2. The van der Waals surface area contributed by atoms with Crippen LogP contribution in [-0.4, -0.2) is 81.6 Å². The first-order chi connectivity index (χ1) is 13.9. The molecular formula is C20H14O8S2Sr. The molecule has 0 spiro atoms. The average Bonchev–Trinajstić information content (AvgIpc) is 2.66. The van der Waals surface area contributed by atoms with Crippen LogP contribution in [0.3, 0.4) is 0 Å². The van der Waals surface area contributed by atoms with Crippen molar-refractivity contribution in [3.8, 4) is 11.5 Å². The van der Waals surface area contributed by atoms with E-state index in [4.69, 9.17) is 0 Å². The van der Waals surface area contributed by atoms with Crippen LogP contribution in [0.15, 0.2) is 82.6 Å². The van der Waals surface area contributed by atoms with Gasteiger partial charge in [-0.15, -0.1) is 0 Å². The van der Waals surface area contributed by atoms with Crippen molar-refractivity contribution in [3.63, 3.8) is 0 Å². The van der Waals surface area contributed by atoms with Gasteiger partial charge in [0.2, 0.25) is 0 Å². The minimum absolute atomic E-state index is 0. The van der Waals surface area contributed by atoms with Gasteiger partial charge in [0.15, 0.2) is 0 Å². The van der Waals surface area contributed by atoms with Crippen molar-refractivity contribution < 1.29 is 36.2 Å². The molecule has 0 bridgehead atoms. The van der Waals surface area contributed by atoms with E-state index in [0.717, 1.165) is 0 Å². The first-order valence-electron chi connectivity index (χ1n) is 8.31. The maximum atomic E-state index is 10.7. The van der Waals surface area contributed by atoms with Crippen LogP contribution in [0.2, 0.25) is 0 Å². The Balaban J connectivity index is 0.000000213. The van der Waals surface area contributed by atoms with E-state index in [9.17, 15) is 36.2 Å². The zero-order valence-corrected chi connectivity index (χ0v) is 20.9. The van der Waals surface area contributed by atoms with Gasteiger partial charge in [-0.25, -0.2) is 16.8 Å². The summed E-state index contributed by atoms with van der Waals surface area (Å²) in [5.74, 6) is 0.195. The molecule has 2 N–H and O–H groups in total. The molecule has 31 heavy (non-hydrogen) atoms. The van der Waals surface area contributed by atoms with Gasteiger partial charge in [-0.05, 0) is 70.1 Å². The van der Waals surface area contributed by atoms with Gasteiger partial charge in [-0.2, -0.15) is 0 Å². The Labute approximate surface area is 215 Å². The van der Waals surface area contributed by atoms with Crippen molar-refractivity contribution in [1.29, 1.82) is 0 Å². The zero-order valence-electron chi connectivity index (χ0n) is 15.8. The van der Waals surface area contributed by atoms with Crippen LogP contribution in [0.4, 0.5) is 0 Å². The van der Waals surface area contributed by atoms with Crippen LogP contribution < -0.4 is 0 Å². The van der Waals surface area contributed by atoms with E-state index in [-0.39, 0.29) is 66.8 Å². The Hall–Kier alpha value is -1.70. The molecule has 8 nitrogen and oxygen atoms in total. The number of phenols is 2. The van der Waals surface area contributed by atoms with Crippen molar-refractivity contribution >= 4 is 87.3 Å². The second-order valence-electron chi connectivity index (χ2n) is 6.29. The summed E-state index contributed by atoms with van der Waals surface area (Å²) in [6.07, 6.45) is 0. The molecule has 0 heterocycles. The molecule has 4 rings (SSSR count). The molecule has 0 aliphatic carbocycles. The monoisotopic (exact) mass is 534 g/mol. The summed E-state index contributed by atoms with van der Waals surface area (Å²) in [6, 6.07) is 17.0. The average molecular weight is 534 g/mol. The number of fused-ring (bicyclic) bond motifs is 2. The van der Waals surface area contributed by atoms with Gasteiger partial charge >= 0.3 is 45.5 Å². The Morgan fingerprint density at radius 3 is 1.13 bits per heavy atom. The molecule has 0 saturated carbocycles. The predicted molar refractivity (Wildman–Crippen MR) is 113 cm³/mol. The summed E-state index contributed by atoms with van der Waals surface area (Å²) in [5, 5.41) is 20.9. The number of hydrogen-bond acceptors (Lipinski definition) is 8. The second kappa shape index (κ2) is 9.84. The fourth-order valence-corrected chi connectivity index (χ4v) is 3.75. The van der Waals surface area contributed by atoms with E-state index >= 15 is 0 Å². The maximum Gasteiger partial charge on any atom is 2.00 e. The molecule has 0 atom stereocenters. The Kier molecular flexibility index (Phi) is 8.11. The number of benzene rings is 4. The quantitative estimate of drug-likeness (QED) is 0.294. The smallest absolute Gasteiger partial charge is 0.744 e. The van der Waals surface area contributed by atoms with Crippen LogP contribution >= 0.6 is 0 Å². The molecule has 0 fully saturated rings. The Morgan fingerprint density at radius 2 is 0.806 bits per heavy atom. The van der Waals surface area contributed by atoms with Crippen LogP contribution in [0, 0.1) is 0 Å². The van der Waals surface area contributed by atoms with E-state index in [1.54, 1.807) is 12.1 Å². The van der Waals surface area contributed by atoms with Gasteiger partial charge in [0, 0.05) is 0 Å². The molecule has 0 aliphatic rings. The van der Waals surface area contributed by atoms with Gasteiger partial charge in [-0.1, -0.05) is 24.3 Å². The number of aromatic hydroxyl groups is 2. The summed E-state index contributed by atoms with van der Waals surface area (Å²) in [7, 11) is -8.83. The van der Waals surface area contributed by atoms with Gasteiger partial charge in [-0.3, -0.25) is 0 Å². The minimum Gasteiger partial charge on any atom is -0.744 e. The minimum atomic E-state index is -4.42. The summed E-state index contributed by atoms with van der Waals surface area (Å²) in [5.41, 5.74) is 0. The molecule has 4 aromatic rings. The van der Waals surface area contributed by atoms with Crippen molar-refractivity contribution in [3.05, 3.63) is 72.8 Å². The van der Waals surface area contributed by atoms with Crippen molar-refractivity contribution in [2.24, 2.45) is 0 Å². The fourth-order valence-electron chi connectivity index (χ4n) is 2.73.